The molecular weight excluding hydrogens is 170 g/mol. The Hall–Kier alpha value is 0.120. The van der Waals surface area contributed by atoms with Gasteiger partial charge in [0.15, 0.2) is 0 Å². The van der Waals surface area contributed by atoms with Crippen LogP contribution in [-0.2, 0) is 9.05 Å². The van der Waals surface area contributed by atoms with Crippen molar-refractivity contribution >= 4 is 19.0 Å². The molecule has 0 aromatic rings. The standard InChI is InChI=1S/C6H6ClO2P/c7-10-8-6(9-10)4-2-1-3-5-6/h1-4H,5H2. The molecule has 0 saturated carbocycles. The van der Waals surface area contributed by atoms with E-state index in [0.717, 1.165) is 6.42 Å². The molecule has 2 rings (SSSR count). The van der Waals surface area contributed by atoms with Crippen LogP contribution in [0.15, 0.2) is 24.3 Å². The Kier molecular flexibility index (Phi) is 1.58. The monoisotopic (exact) mass is 176 g/mol. The van der Waals surface area contributed by atoms with Gasteiger partial charge in [0, 0.05) is 6.42 Å². The van der Waals surface area contributed by atoms with Crippen LogP contribution in [-0.4, -0.2) is 5.79 Å². The van der Waals surface area contributed by atoms with Crippen LogP contribution in [0.4, 0.5) is 0 Å². The van der Waals surface area contributed by atoms with E-state index in [4.69, 9.17) is 20.3 Å². The number of rotatable bonds is 0. The summed E-state index contributed by atoms with van der Waals surface area (Å²) in [7, 11) is -1.10. The van der Waals surface area contributed by atoms with Crippen LogP contribution in [0, 0.1) is 0 Å². The first-order valence-electron chi connectivity index (χ1n) is 2.99. The maximum Gasteiger partial charge on any atom is 0.282 e. The zero-order valence-electron chi connectivity index (χ0n) is 5.16. The van der Waals surface area contributed by atoms with Gasteiger partial charge < -0.3 is 0 Å². The summed E-state index contributed by atoms with van der Waals surface area (Å²) in [6, 6.07) is 0. The minimum Gasteiger partial charge on any atom is -0.284 e. The molecule has 10 heavy (non-hydrogen) atoms. The van der Waals surface area contributed by atoms with E-state index in [1.165, 1.54) is 0 Å². The van der Waals surface area contributed by atoms with Gasteiger partial charge in [0.05, 0.1) is 0 Å². The Morgan fingerprint density at radius 2 is 2.20 bits per heavy atom. The van der Waals surface area contributed by atoms with E-state index >= 15 is 0 Å². The quantitative estimate of drug-likeness (QED) is 0.529. The van der Waals surface area contributed by atoms with E-state index in [1.54, 1.807) is 0 Å². The normalized spacial score (nSPS) is 43.9. The van der Waals surface area contributed by atoms with Gasteiger partial charge in [0.1, 0.15) is 0 Å². The largest absolute Gasteiger partial charge is 0.284 e. The Morgan fingerprint density at radius 3 is 2.70 bits per heavy atom. The third-order valence-electron chi connectivity index (χ3n) is 1.45. The highest BCUT2D eigenvalue weighted by Crippen LogP contribution is 2.62. The molecule has 1 aliphatic carbocycles. The van der Waals surface area contributed by atoms with Crippen molar-refractivity contribution in [3.8, 4) is 0 Å². The minimum atomic E-state index is -1.10. The zero-order chi connectivity index (χ0) is 7.03. The van der Waals surface area contributed by atoms with Crippen LogP contribution >= 0.6 is 19.0 Å². The van der Waals surface area contributed by atoms with E-state index in [1.807, 2.05) is 24.3 Å². The second-order valence-corrected chi connectivity index (χ2v) is 3.82. The van der Waals surface area contributed by atoms with E-state index < -0.39 is 13.5 Å². The van der Waals surface area contributed by atoms with Crippen molar-refractivity contribution in [1.82, 2.24) is 0 Å². The molecule has 0 radical (unpaired) electrons. The van der Waals surface area contributed by atoms with Gasteiger partial charge in [-0.05, 0) is 17.3 Å². The molecule has 1 spiro atoms. The molecule has 1 heterocycles. The number of allylic oxidation sites excluding steroid dienone is 2. The van der Waals surface area contributed by atoms with Crippen molar-refractivity contribution in [3.05, 3.63) is 24.3 Å². The van der Waals surface area contributed by atoms with Crippen molar-refractivity contribution < 1.29 is 9.05 Å². The Morgan fingerprint density at radius 1 is 1.40 bits per heavy atom. The molecule has 4 heteroatoms. The SMILES string of the molecule is ClP1OC2(C=CC=CC2)O1. The summed E-state index contributed by atoms with van der Waals surface area (Å²) in [5.41, 5.74) is 0. The van der Waals surface area contributed by atoms with E-state index in [0.29, 0.717) is 0 Å². The lowest BCUT2D eigenvalue weighted by Gasteiger charge is -2.41. The highest BCUT2D eigenvalue weighted by atomic mass is 35.7. The second-order valence-electron chi connectivity index (χ2n) is 2.20. The lowest BCUT2D eigenvalue weighted by Crippen LogP contribution is -2.37. The maximum absolute atomic E-state index is 5.53. The fourth-order valence-corrected chi connectivity index (χ4v) is 2.44. The maximum atomic E-state index is 5.53. The summed E-state index contributed by atoms with van der Waals surface area (Å²) in [6.45, 7) is 0. The molecule has 0 bridgehead atoms. The van der Waals surface area contributed by atoms with Crippen molar-refractivity contribution in [1.29, 1.82) is 0 Å². The van der Waals surface area contributed by atoms with Crippen LogP contribution in [0.3, 0.4) is 0 Å². The predicted octanol–water partition coefficient (Wildman–Crippen LogP) is 2.71. The van der Waals surface area contributed by atoms with Crippen LogP contribution in [0.1, 0.15) is 6.42 Å². The fraction of sp³-hybridized carbons (Fsp3) is 0.333. The van der Waals surface area contributed by atoms with E-state index in [2.05, 4.69) is 0 Å². The topological polar surface area (TPSA) is 18.5 Å². The predicted molar refractivity (Wildman–Crippen MR) is 40.6 cm³/mol. The molecular formula is C6H6ClO2P. The molecule has 1 saturated heterocycles. The van der Waals surface area contributed by atoms with Gasteiger partial charge in [-0.2, -0.15) is 0 Å². The molecule has 1 aliphatic heterocycles. The summed E-state index contributed by atoms with van der Waals surface area (Å²) in [5, 5.41) is 0. The summed E-state index contributed by atoms with van der Waals surface area (Å²) >= 11 is 5.53. The summed E-state index contributed by atoms with van der Waals surface area (Å²) in [5.74, 6) is -0.498. The third-order valence-corrected chi connectivity index (χ3v) is 2.77. The van der Waals surface area contributed by atoms with E-state index in [-0.39, 0.29) is 0 Å². The van der Waals surface area contributed by atoms with Gasteiger partial charge in [0.2, 0.25) is 5.79 Å². The van der Waals surface area contributed by atoms with Gasteiger partial charge >= 0.3 is 0 Å². The van der Waals surface area contributed by atoms with Crippen LogP contribution in [0.5, 0.6) is 0 Å². The van der Waals surface area contributed by atoms with Crippen molar-refractivity contribution in [2.24, 2.45) is 0 Å². The van der Waals surface area contributed by atoms with Gasteiger partial charge in [-0.15, -0.1) is 0 Å². The average Bonchev–Trinajstić information content (AvgIpc) is 1.87. The molecule has 0 aromatic heterocycles. The zero-order valence-corrected chi connectivity index (χ0v) is 6.81. The molecule has 2 aliphatic rings. The Bertz CT molecular complexity index is 196. The van der Waals surface area contributed by atoms with Crippen molar-refractivity contribution in [2.45, 2.75) is 12.2 Å². The van der Waals surface area contributed by atoms with Crippen LogP contribution in [0.2, 0.25) is 0 Å². The smallest absolute Gasteiger partial charge is 0.282 e. The molecule has 54 valence electrons. The first-order valence-corrected chi connectivity index (χ1v) is 5.08. The van der Waals surface area contributed by atoms with Gasteiger partial charge in [0.25, 0.3) is 7.73 Å². The summed E-state index contributed by atoms with van der Waals surface area (Å²) in [4.78, 5) is 0. The highest BCUT2D eigenvalue weighted by molar-refractivity contribution is 7.76. The lowest BCUT2D eigenvalue weighted by atomic mass is 10.1. The summed E-state index contributed by atoms with van der Waals surface area (Å²) in [6.07, 6.45) is 8.53. The molecule has 0 atom stereocenters. The van der Waals surface area contributed by atoms with E-state index in [9.17, 15) is 0 Å². The van der Waals surface area contributed by atoms with Crippen molar-refractivity contribution in [2.75, 3.05) is 0 Å². The molecule has 0 aromatic carbocycles. The van der Waals surface area contributed by atoms with Gasteiger partial charge in [-0.25, -0.2) is 0 Å². The number of hydrogen-bond acceptors (Lipinski definition) is 2. The minimum absolute atomic E-state index is 0.498. The molecule has 0 unspecified atom stereocenters. The second kappa shape index (κ2) is 2.31. The third kappa shape index (κ3) is 1.02. The molecule has 0 amide bonds. The first kappa shape index (κ1) is 6.81. The Labute approximate surface area is 65.2 Å². The Balaban J connectivity index is 2.06. The van der Waals surface area contributed by atoms with Gasteiger partial charge in [-0.3, -0.25) is 9.05 Å². The molecule has 1 fully saturated rings. The van der Waals surface area contributed by atoms with Crippen molar-refractivity contribution in [3.63, 3.8) is 0 Å². The van der Waals surface area contributed by atoms with Gasteiger partial charge in [-0.1, -0.05) is 18.2 Å². The number of hydrogen-bond donors (Lipinski definition) is 0. The average molecular weight is 177 g/mol. The molecule has 2 nitrogen and oxygen atoms in total. The molecule has 0 N–H and O–H groups in total. The number of halogens is 1. The fourth-order valence-electron chi connectivity index (χ4n) is 0.966. The van der Waals surface area contributed by atoms with Crippen LogP contribution < -0.4 is 0 Å². The summed E-state index contributed by atoms with van der Waals surface area (Å²) < 4.78 is 10.5. The highest BCUT2D eigenvalue weighted by Gasteiger charge is 2.45. The van der Waals surface area contributed by atoms with Crippen LogP contribution in [0.25, 0.3) is 0 Å². The first-order chi connectivity index (χ1) is 4.81. The lowest BCUT2D eigenvalue weighted by molar-refractivity contribution is -0.133.